The highest BCUT2D eigenvalue weighted by atomic mass is 19.1. The third-order valence-corrected chi connectivity index (χ3v) is 4.88. The lowest BCUT2D eigenvalue weighted by atomic mass is 10.1. The molecule has 5 nitrogen and oxygen atoms in total. The Hall–Kier alpha value is -3.45. The Balaban J connectivity index is 1.23. The number of hydrogen-bond donors (Lipinski definition) is 2. The molecule has 30 heavy (non-hydrogen) atoms. The summed E-state index contributed by atoms with van der Waals surface area (Å²) in [6.45, 7) is 1.02. The number of nitrogens with zero attached hydrogens (tertiary/aromatic N) is 1. The Morgan fingerprint density at radius 3 is 2.20 bits per heavy atom. The number of benzene rings is 3. The molecule has 3 aromatic rings. The first-order chi connectivity index (χ1) is 14.6. The molecule has 1 fully saturated rings. The first-order valence-electron chi connectivity index (χ1n) is 9.63. The fourth-order valence-corrected chi connectivity index (χ4v) is 3.15. The molecular formula is C23H21F2N3O2. The minimum Gasteiger partial charge on any atom is -0.457 e. The van der Waals surface area contributed by atoms with E-state index in [0.717, 1.165) is 5.75 Å². The molecule has 4 rings (SSSR count). The summed E-state index contributed by atoms with van der Waals surface area (Å²) in [5.41, 5.74) is 0.670. The van der Waals surface area contributed by atoms with Gasteiger partial charge in [-0.3, -0.25) is 0 Å². The molecule has 0 atom stereocenters. The first-order valence-corrected chi connectivity index (χ1v) is 9.63. The second-order valence-corrected chi connectivity index (χ2v) is 7.05. The number of urea groups is 1. The van der Waals surface area contributed by atoms with Crippen LogP contribution >= 0.6 is 0 Å². The standard InChI is InChI=1S/C23H21F2N3O2/c24-21-7-4-8-22(25)20(21)13-26-17-14-28(15-17)23(29)27-16-9-11-19(12-10-16)30-18-5-2-1-3-6-18/h1-12,17,26H,13-15H2,(H,27,29). The van der Waals surface area contributed by atoms with Gasteiger partial charge in [-0.05, 0) is 48.5 Å². The lowest BCUT2D eigenvalue weighted by Gasteiger charge is -2.39. The van der Waals surface area contributed by atoms with E-state index in [1.807, 2.05) is 30.3 Å². The van der Waals surface area contributed by atoms with Crippen LogP contribution in [0.15, 0.2) is 72.8 Å². The normalized spacial score (nSPS) is 13.6. The molecule has 1 aliphatic heterocycles. The summed E-state index contributed by atoms with van der Waals surface area (Å²) in [4.78, 5) is 14.0. The zero-order chi connectivity index (χ0) is 20.9. The van der Waals surface area contributed by atoms with Gasteiger partial charge in [0.1, 0.15) is 23.1 Å². The second kappa shape index (κ2) is 8.92. The maximum atomic E-state index is 13.7. The number of halogens is 2. The van der Waals surface area contributed by atoms with E-state index >= 15 is 0 Å². The molecule has 1 aliphatic rings. The van der Waals surface area contributed by atoms with Crippen molar-refractivity contribution in [3.05, 3.63) is 90.0 Å². The van der Waals surface area contributed by atoms with Gasteiger partial charge in [0.05, 0.1) is 0 Å². The monoisotopic (exact) mass is 409 g/mol. The van der Waals surface area contributed by atoms with Crippen LogP contribution in [0.1, 0.15) is 5.56 Å². The molecule has 0 bridgehead atoms. The Kier molecular flexibility index (Phi) is 5.90. The topological polar surface area (TPSA) is 53.6 Å². The molecule has 7 heteroatoms. The Bertz CT molecular complexity index is 986. The summed E-state index contributed by atoms with van der Waals surface area (Å²) in [5.74, 6) is 0.267. The summed E-state index contributed by atoms with van der Waals surface area (Å²) in [7, 11) is 0. The summed E-state index contributed by atoms with van der Waals surface area (Å²) in [6, 6.07) is 20.1. The highest BCUT2D eigenvalue weighted by Gasteiger charge is 2.30. The number of rotatable bonds is 6. The van der Waals surface area contributed by atoms with E-state index in [1.165, 1.54) is 18.2 Å². The SMILES string of the molecule is O=C(Nc1ccc(Oc2ccccc2)cc1)N1CC(NCc2c(F)cccc2F)C1. The number of hydrogen-bond acceptors (Lipinski definition) is 3. The van der Waals surface area contributed by atoms with Crippen molar-refractivity contribution in [2.24, 2.45) is 0 Å². The van der Waals surface area contributed by atoms with Crippen LogP contribution in [0, 0.1) is 11.6 Å². The fourth-order valence-electron chi connectivity index (χ4n) is 3.15. The van der Waals surface area contributed by atoms with Gasteiger partial charge in [0.2, 0.25) is 0 Å². The Labute approximate surface area is 173 Å². The predicted molar refractivity (Wildman–Crippen MR) is 111 cm³/mol. The van der Waals surface area contributed by atoms with Gasteiger partial charge in [-0.25, -0.2) is 13.6 Å². The fraction of sp³-hybridized carbons (Fsp3) is 0.174. The Morgan fingerprint density at radius 1 is 0.900 bits per heavy atom. The van der Waals surface area contributed by atoms with E-state index in [9.17, 15) is 13.6 Å². The highest BCUT2D eigenvalue weighted by Crippen LogP contribution is 2.23. The van der Waals surface area contributed by atoms with Gasteiger partial charge < -0.3 is 20.3 Å². The van der Waals surface area contributed by atoms with Crippen molar-refractivity contribution < 1.29 is 18.3 Å². The van der Waals surface area contributed by atoms with Crippen LogP contribution < -0.4 is 15.4 Å². The first kappa shape index (κ1) is 19.8. The molecule has 0 aromatic heterocycles. The van der Waals surface area contributed by atoms with E-state index < -0.39 is 11.6 Å². The quantitative estimate of drug-likeness (QED) is 0.617. The maximum Gasteiger partial charge on any atom is 0.321 e. The van der Waals surface area contributed by atoms with Crippen LogP contribution in [0.2, 0.25) is 0 Å². The maximum absolute atomic E-state index is 13.7. The molecule has 0 saturated carbocycles. The number of anilines is 1. The van der Waals surface area contributed by atoms with Gasteiger partial charge in [0.15, 0.2) is 0 Å². The van der Waals surface area contributed by atoms with Crippen LogP contribution in [0.4, 0.5) is 19.3 Å². The van der Waals surface area contributed by atoms with E-state index in [0.29, 0.717) is 24.5 Å². The molecule has 0 aliphatic carbocycles. The molecule has 1 saturated heterocycles. The number of likely N-dealkylation sites (tertiary alicyclic amines) is 1. The van der Waals surface area contributed by atoms with Gasteiger partial charge in [-0.1, -0.05) is 24.3 Å². The van der Waals surface area contributed by atoms with Crippen LogP contribution in [-0.2, 0) is 6.54 Å². The number of ether oxygens (including phenoxy) is 1. The van der Waals surface area contributed by atoms with E-state index in [2.05, 4.69) is 10.6 Å². The molecule has 0 unspecified atom stereocenters. The Morgan fingerprint density at radius 2 is 1.53 bits per heavy atom. The number of para-hydroxylation sites is 1. The zero-order valence-corrected chi connectivity index (χ0v) is 16.1. The van der Waals surface area contributed by atoms with Crippen LogP contribution in [0.3, 0.4) is 0 Å². The van der Waals surface area contributed by atoms with Gasteiger partial charge >= 0.3 is 6.03 Å². The average molecular weight is 409 g/mol. The second-order valence-electron chi connectivity index (χ2n) is 7.05. The predicted octanol–water partition coefficient (Wildman–Crippen LogP) is 4.76. The molecule has 0 radical (unpaired) electrons. The third-order valence-electron chi connectivity index (χ3n) is 4.88. The summed E-state index contributed by atoms with van der Waals surface area (Å²) in [6.07, 6.45) is 0. The van der Waals surface area contributed by atoms with E-state index in [-0.39, 0.29) is 24.2 Å². The summed E-state index contributed by atoms with van der Waals surface area (Å²) in [5, 5.41) is 5.91. The van der Waals surface area contributed by atoms with Gasteiger partial charge in [0.25, 0.3) is 0 Å². The van der Waals surface area contributed by atoms with Gasteiger partial charge in [-0.15, -0.1) is 0 Å². The largest absolute Gasteiger partial charge is 0.457 e. The lowest BCUT2D eigenvalue weighted by Crippen LogP contribution is -2.60. The van der Waals surface area contributed by atoms with Crippen LogP contribution in [-0.4, -0.2) is 30.1 Å². The summed E-state index contributed by atoms with van der Waals surface area (Å²) >= 11 is 0. The van der Waals surface area contributed by atoms with Gasteiger partial charge in [0, 0.05) is 36.9 Å². The van der Waals surface area contributed by atoms with Crippen molar-refractivity contribution >= 4 is 11.7 Å². The molecule has 2 N–H and O–H groups in total. The molecular weight excluding hydrogens is 388 g/mol. The van der Waals surface area contributed by atoms with Crippen molar-refractivity contribution in [3.8, 4) is 11.5 Å². The average Bonchev–Trinajstić information content (AvgIpc) is 2.71. The number of nitrogens with one attached hydrogen (secondary N) is 2. The van der Waals surface area contributed by atoms with Crippen molar-refractivity contribution in [3.63, 3.8) is 0 Å². The smallest absolute Gasteiger partial charge is 0.321 e. The zero-order valence-electron chi connectivity index (χ0n) is 16.1. The lowest BCUT2D eigenvalue weighted by molar-refractivity contribution is 0.148. The van der Waals surface area contributed by atoms with Crippen molar-refractivity contribution in [2.75, 3.05) is 18.4 Å². The number of amides is 2. The van der Waals surface area contributed by atoms with Crippen molar-refractivity contribution in [2.45, 2.75) is 12.6 Å². The third kappa shape index (κ3) is 4.75. The molecule has 3 aromatic carbocycles. The molecule has 1 heterocycles. The van der Waals surface area contributed by atoms with Crippen molar-refractivity contribution in [1.82, 2.24) is 10.2 Å². The summed E-state index contributed by atoms with van der Waals surface area (Å²) < 4.78 is 33.0. The van der Waals surface area contributed by atoms with E-state index in [1.54, 1.807) is 29.2 Å². The molecule has 154 valence electrons. The van der Waals surface area contributed by atoms with Gasteiger partial charge in [-0.2, -0.15) is 0 Å². The minimum absolute atomic E-state index is 0.00333. The molecule has 2 amide bonds. The number of carbonyl (C=O) groups is 1. The van der Waals surface area contributed by atoms with E-state index in [4.69, 9.17) is 4.74 Å². The van der Waals surface area contributed by atoms with Crippen LogP contribution in [0.5, 0.6) is 11.5 Å². The number of carbonyl (C=O) groups excluding carboxylic acids is 1. The minimum atomic E-state index is -0.573. The highest BCUT2D eigenvalue weighted by molar-refractivity contribution is 5.90. The molecule has 0 spiro atoms. The van der Waals surface area contributed by atoms with Crippen molar-refractivity contribution in [1.29, 1.82) is 0 Å². The van der Waals surface area contributed by atoms with Crippen LogP contribution in [0.25, 0.3) is 0 Å².